The lowest BCUT2D eigenvalue weighted by Crippen LogP contribution is -2.14. The van der Waals surface area contributed by atoms with Crippen LogP contribution in [-0.2, 0) is 4.79 Å². The van der Waals surface area contributed by atoms with Crippen molar-refractivity contribution < 1.29 is 9.59 Å². The van der Waals surface area contributed by atoms with E-state index in [1.54, 1.807) is 0 Å². The Morgan fingerprint density at radius 3 is 2.62 bits per heavy atom. The number of thiazole rings is 1. The van der Waals surface area contributed by atoms with E-state index in [0.717, 1.165) is 11.3 Å². The van der Waals surface area contributed by atoms with Gasteiger partial charge in [0, 0.05) is 6.92 Å². The average molecular weight is 200 g/mol. The number of amides is 2. The van der Waals surface area contributed by atoms with Gasteiger partial charge in [0.15, 0.2) is 10.9 Å². The smallest absolute Gasteiger partial charge is 0.262 e. The van der Waals surface area contributed by atoms with Gasteiger partial charge in [0.1, 0.15) is 4.88 Å². The number of nitrogens with two attached hydrogens (primary N) is 2. The third-order valence-corrected chi connectivity index (χ3v) is 2.06. The number of carbonyl (C=O) groups excluding carboxylic acids is 2. The molecule has 1 rings (SSSR count). The second-order valence-corrected chi connectivity index (χ2v) is 3.31. The van der Waals surface area contributed by atoms with Crippen molar-refractivity contribution in [2.24, 2.45) is 5.73 Å². The Bertz CT molecular complexity index is 360. The molecule has 0 radical (unpaired) electrons. The summed E-state index contributed by atoms with van der Waals surface area (Å²) in [4.78, 5) is 25.4. The molecule has 0 bridgehead atoms. The lowest BCUT2D eigenvalue weighted by Gasteiger charge is -1.97. The summed E-state index contributed by atoms with van der Waals surface area (Å²) in [5.41, 5.74) is 10.4. The van der Waals surface area contributed by atoms with E-state index in [9.17, 15) is 9.59 Å². The van der Waals surface area contributed by atoms with E-state index in [0.29, 0.717) is 0 Å². The molecule has 0 unspecified atom stereocenters. The molecule has 0 fully saturated rings. The molecule has 0 aliphatic rings. The Labute approximate surface area is 77.9 Å². The second-order valence-electron chi connectivity index (χ2n) is 2.28. The third-order valence-electron chi connectivity index (χ3n) is 1.16. The highest BCUT2D eigenvalue weighted by Gasteiger charge is 2.14. The molecule has 2 amide bonds. The Kier molecular flexibility index (Phi) is 2.47. The maximum atomic E-state index is 10.8. The number of anilines is 2. The van der Waals surface area contributed by atoms with Crippen LogP contribution < -0.4 is 16.8 Å². The first kappa shape index (κ1) is 9.46. The molecule has 0 spiro atoms. The highest BCUT2D eigenvalue weighted by Crippen LogP contribution is 2.23. The fraction of sp³-hybridized carbons (Fsp3) is 0.167. The number of nitrogen functional groups attached to an aromatic ring is 1. The number of carbonyl (C=O) groups is 2. The maximum Gasteiger partial charge on any atom is 0.262 e. The molecular formula is C6H8N4O2S. The van der Waals surface area contributed by atoms with E-state index in [2.05, 4.69) is 10.3 Å². The van der Waals surface area contributed by atoms with Crippen LogP contribution in [0.25, 0.3) is 0 Å². The molecule has 13 heavy (non-hydrogen) atoms. The summed E-state index contributed by atoms with van der Waals surface area (Å²) in [7, 11) is 0. The lowest BCUT2D eigenvalue weighted by atomic mass is 10.4. The van der Waals surface area contributed by atoms with E-state index >= 15 is 0 Å². The van der Waals surface area contributed by atoms with Crippen molar-refractivity contribution >= 4 is 34.1 Å². The standard InChI is InChI=1S/C6H8N4O2S/c1-2(11)9-5-3(4(7)12)13-6(8)10-5/h1H3,(H2,7,12)(H2,8,10)(H,9,11). The summed E-state index contributed by atoms with van der Waals surface area (Å²) >= 11 is 0.942. The number of primary amides is 1. The average Bonchev–Trinajstić information content (AvgIpc) is 2.29. The number of nitrogens with one attached hydrogen (secondary N) is 1. The summed E-state index contributed by atoms with van der Waals surface area (Å²) in [6.45, 7) is 1.31. The number of aromatic nitrogens is 1. The summed E-state index contributed by atoms with van der Waals surface area (Å²) in [5.74, 6) is -0.853. The molecule has 70 valence electrons. The molecule has 1 aromatic heterocycles. The van der Waals surface area contributed by atoms with E-state index in [1.807, 2.05) is 0 Å². The van der Waals surface area contributed by atoms with Crippen LogP contribution in [-0.4, -0.2) is 16.8 Å². The molecular weight excluding hydrogens is 192 g/mol. The summed E-state index contributed by atoms with van der Waals surface area (Å²) in [6, 6.07) is 0. The van der Waals surface area contributed by atoms with Gasteiger partial charge in [-0.25, -0.2) is 4.98 Å². The fourth-order valence-electron chi connectivity index (χ4n) is 0.755. The highest BCUT2D eigenvalue weighted by atomic mass is 32.1. The van der Waals surface area contributed by atoms with Gasteiger partial charge in [-0.3, -0.25) is 9.59 Å². The molecule has 0 aliphatic heterocycles. The van der Waals surface area contributed by atoms with Crippen LogP contribution >= 0.6 is 11.3 Å². The van der Waals surface area contributed by atoms with Crippen molar-refractivity contribution in [2.75, 3.05) is 11.1 Å². The third kappa shape index (κ3) is 2.15. The molecule has 0 saturated heterocycles. The van der Waals surface area contributed by atoms with Gasteiger partial charge < -0.3 is 16.8 Å². The minimum absolute atomic E-state index is 0.127. The topological polar surface area (TPSA) is 111 Å². The van der Waals surface area contributed by atoms with Crippen LogP contribution in [0, 0.1) is 0 Å². The molecule has 1 aromatic rings. The SMILES string of the molecule is CC(=O)Nc1nc(N)sc1C(N)=O. The highest BCUT2D eigenvalue weighted by molar-refractivity contribution is 7.17. The largest absolute Gasteiger partial charge is 0.375 e. The van der Waals surface area contributed by atoms with E-state index in [1.165, 1.54) is 6.92 Å². The normalized spacial score (nSPS) is 9.62. The summed E-state index contributed by atoms with van der Waals surface area (Å²) in [5, 5.41) is 2.55. The van der Waals surface area contributed by atoms with Crippen LogP contribution in [0.1, 0.15) is 16.6 Å². The zero-order chi connectivity index (χ0) is 10.0. The predicted molar refractivity (Wildman–Crippen MR) is 49.3 cm³/mol. The van der Waals surface area contributed by atoms with Crippen molar-refractivity contribution in [3.63, 3.8) is 0 Å². The monoisotopic (exact) mass is 200 g/mol. The van der Waals surface area contributed by atoms with Crippen molar-refractivity contribution in [1.29, 1.82) is 0 Å². The first-order valence-corrected chi connectivity index (χ1v) is 4.16. The van der Waals surface area contributed by atoms with Crippen LogP contribution in [0.3, 0.4) is 0 Å². The van der Waals surface area contributed by atoms with Gasteiger partial charge in [-0.1, -0.05) is 11.3 Å². The molecule has 0 saturated carbocycles. The summed E-state index contributed by atoms with van der Waals surface area (Å²) in [6.07, 6.45) is 0. The van der Waals surface area contributed by atoms with Gasteiger partial charge >= 0.3 is 0 Å². The number of rotatable bonds is 2. The van der Waals surface area contributed by atoms with Crippen molar-refractivity contribution in [3.05, 3.63) is 4.88 Å². The molecule has 0 atom stereocenters. The number of nitrogens with zero attached hydrogens (tertiary/aromatic N) is 1. The van der Waals surface area contributed by atoms with Gasteiger partial charge in [-0.15, -0.1) is 0 Å². The molecule has 1 heterocycles. The van der Waals surface area contributed by atoms with E-state index in [4.69, 9.17) is 11.5 Å². The minimum Gasteiger partial charge on any atom is -0.375 e. The molecule has 7 heteroatoms. The van der Waals surface area contributed by atoms with Crippen molar-refractivity contribution in [1.82, 2.24) is 4.98 Å². The number of hydrogen-bond acceptors (Lipinski definition) is 5. The molecule has 0 aromatic carbocycles. The number of hydrogen-bond donors (Lipinski definition) is 3. The lowest BCUT2D eigenvalue weighted by molar-refractivity contribution is -0.114. The Morgan fingerprint density at radius 1 is 1.54 bits per heavy atom. The molecule has 6 nitrogen and oxygen atoms in total. The van der Waals surface area contributed by atoms with Crippen molar-refractivity contribution in [3.8, 4) is 0 Å². The van der Waals surface area contributed by atoms with Gasteiger partial charge in [0.05, 0.1) is 0 Å². The van der Waals surface area contributed by atoms with Crippen LogP contribution in [0.15, 0.2) is 0 Å². The zero-order valence-electron chi connectivity index (χ0n) is 6.83. The molecule has 0 aliphatic carbocycles. The summed E-state index contributed by atoms with van der Waals surface area (Å²) < 4.78 is 0. The van der Waals surface area contributed by atoms with Crippen LogP contribution in [0.5, 0.6) is 0 Å². The van der Waals surface area contributed by atoms with E-state index in [-0.39, 0.29) is 21.7 Å². The van der Waals surface area contributed by atoms with Gasteiger partial charge in [-0.2, -0.15) is 0 Å². The van der Waals surface area contributed by atoms with Gasteiger partial charge in [-0.05, 0) is 0 Å². The minimum atomic E-state index is -0.655. The first-order chi connectivity index (χ1) is 6.00. The molecule has 5 N–H and O–H groups in total. The predicted octanol–water partition coefficient (Wildman–Crippen LogP) is -0.217. The Balaban J connectivity index is 3.04. The van der Waals surface area contributed by atoms with Gasteiger partial charge in [0.2, 0.25) is 5.91 Å². The Hall–Kier alpha value is -1.63. The van der Waals surface area contributed by atoms with Crippen LogP contribution in [0.2, 0.25) is 0 Å². The zero-order valence-corrected chi connectivity index (χ0v) is 7.64. The van der Waals surface area contributed by atoms with Gasteiger partial charge in [0.25, 0.3) is 5.91 Å². The fourth-order valence-corrected chi connectivity index (χ4v) is 1.40. The van der Waals surface area contributed by atoms with Crippen molar-refractivity contribution in [2.45, 2.75) is 6.92 Å². The second kappa shape index (κ2) is 3.40. The quantitative estimate of drug-likeness (QED) is 0.612. The van der Waals surface area contributed by atoms with E-state index < -0.39 is 5.91 Å². The maximum absolute atomic E-state index is 10.8. The Morgan fingerprint density at radius 2 is 2.15 bits per heavy atom. The first-order valence-electron chi connectivity index (χ1n) is 3.34. The van der Waals surface area contributed by atoms with Crippen LogP contribution in [0.4, 0.5) is 10.9 Å².